The van der Waals surface area contributed by atoms with Gasteiger partial charge in [0.05, 0.1) is 18.4 Å². The van der Waals surface area contributed by atoms with Gasteiger partial charge in [-0.1, -0.05) is 25.1 Å². The highest BCUT2D eigenvalue weighted by Crippen LogP contribution is 2.19. The van der Waals surface area contributed by atoms with Crippen molar-refractivity contribution in [2.75, 3.05) is 18.2 Å². The fourth-order valence-electron chi connectivity index (χ4n) is 2.12. The number of aromatic hydroxyl groups is 1. The number of aromatic nitrogens is 2. The van der Waals surface area contributed by atoms with Gasteiger partial charge in [0.1, 0.15) is 5.75 Å². The minimum atomic E-state index is -0.362. The van der Waals surface area contributed by atoms with E-state index in [4.69, 9.17) is 4.74 Å². The molecule has 3 N–H and O–H groups in total. The van der Waals surface area contributed by atoms with Gasteiger partial charge in [-0.25, -0.2) is 0 Å². The molecule has 1 aromatic carbocycles. The summed E-state index contributed by atoms with van der Waals surface area (Å²) in [7, 11) is 1.57. The summed E-state index contributed by atoms with van der Waals surface area (Å²) >= 11 is 1.05. The van der Waals surface area contributed by atoms with Gasteiger partial charge in [0, 0.05) is 5.69 Å². The lowest BCUT2D eigenvalue weighted by atomic mass is 10.1. The summed E-state index contributed by atoms with van der Waals surface area (Å²) in [5.41, 5.74) is 0.568. The Morgan fingerprint density at radius 3 is 2.68 bits per heavy atom. The molecule has 2 rings (SSSR count). The summed E-state index contributed by atoms with van der Waals surface area (Å²) < 4.78 is 5.05. The first kappa shape index (κ1) is 18.9. The van der Waals surface area contributed by atoms with Gasteiger partial charge < -0.3 is 20.1 Å². The quantitative estimate of drug-likeness (QED) is 0.492. The fraction of sp³-hybridized carbons (Fsp3) is 0.353. The van der Waals surface area contributed by atoms with Crippen LogP contribution in [-0.2, 0) is 11.2 Å². The van der Waals surface area contributed by atoms with Crippen molar-refractivity contribution >= 4 is 23.4 Å². The summed E-state index contributed by atoms with van der Waals surface area (Å²) in [6, 6.07) is 6.95. The summed E-state index contributed by atoms with van der Waals surface area (Å²) in [4.78, 5) is 30.5. The highest BCUT2D eigenvalue weighted by Gasteiger charge is 2.12. The molecule has 1 amide bonds. The molecule has 134 valence electrons. The van der Waals surface area contributed by atoms with Crippen molar-refractivity contribution in [3.63, 3.8) is 0 Å². The Hall–Kier alpha value is -2.48. The van der Waals surface area contributed by atoms with Crippen LogP contribution in [0, 0.1) is 0 Å². The van der Waals surface area contributed by atoms with E-state index in [2.05, 4.69) is 15.3 Å². The summed E-state index contributed by atoms with van der Waals surface area (Å²) in [5.74, 6) is 0.248. The first-order valence-corrected chi connectivity index (χ1v) is 8.91. The Kier molecular flexibility index (Phi) is 6.88. The number of carbonyl (C=O) groups excluding carboxylic acids is 1. The van der Waals surface area contributed by atoms with Gasteiger partial charge in [0.2, 0.25) is 11.8 Å². The van der Waals surface area contributed by atoms with E-state index in [1.807, 2.05) is 6.92 Å². The third-order valence-corrected chi connectivity index (χ3v) is 4.34. The molecule has 25 heavy (non-hydrogen) atoms. The molecular weight excluding hydrogens is 342 g/mol. The second-order valence-electron chi connectivity index (χ2n) is 5.34. The van der Waals surface area contributed by atoms with Crippen LogP contribution in [0.1, 0.15) is 25.3 Å². The first-order valence-electron chi connectivity index (χ1n) is 7.92. The number of H-pyrrole nitrogens is 1. The number of carbonyl (C=O) groups is 1. The third-order valence-electron chi connectivity index (χ3n) is 3.47. The molecule has 0 atom stereocenters. The van der Waals surface area contributed by atoms with Crippen LogP contribution in [0.5, 0.6) is 11.6 Å². The Morgan fingerprint density at radius 1 is 1.36 bits per heavy atom. The van der Waals surface area contributed by atoms with Gasteiger partial charge in [0.15, 0.2) is 5.16 Å². The summed E-state index contributed by atoms with van der Waals surface area (Å²) in [5, 5.41) is 12.8. The summed E-state index contributed by atoms with van der Waals surface area (Å²) in [6.07, 6.45) is 2.20. The van der Waals surface area contributed by atoms with E-state index >= 15 is 0 Å². The zero-order valence-corrected chi connectivity index (χ0v) is 15.0. The van der Waals surface area contributed by atoms with Crippen LogP contribution < -0.4 is 15.6 Å². The van der Waals surface area contributed by atoms with Crippen LogP contribution >= 0.6 is 11.8 Å². The molecule has 0 fully saturated rings. The maximum Gasteiger partial charge on any atom is 0.258 e. The Morgan fingerprint density at radius 2 is 2.08 bits per heavy atom. The normalized spacial score (nSPS) is 10.5. The number of nitrogens with one attached hydrogen (secondary N) is 2. The van der Waals surface area contributed by atoms with Crippen molar-refractivity contribution in [3.05, 3.63) is 40.2 Å². The molecule has 0 spiro atoms. The lowest BCUT2D eigenvalue weighted by molar-refractivity contribution is -0.113. The zero-order valence-electron chi connectivity index (χ0n) is 14.2. The number of methoxy groups -OCH3 is 1. The van der Waals surface area contributed by atoms with E-state index in [1.165, 1.54) is 0 Å². The second-order valence-corrected chi connectivity index (χ2v) is 6.31. The first-order chi connectivity index (χ1) is 12.0. The highest BCUT2D eigenvalue weighted by molar-refractivity contribution is 7.99. The fourth-order valence-corrected chi connectivity index (χ4v) is 2.77. The van der Waals surface area contributed by atoms with E-state index in [9.17, 15) is 14.7 Å². The lowest BCUT2D eigenvalue weighted by Crippen LogP contribution is -2.17. The zero-order chi connectivity index (χ0) is 18.2. The lowest BCUT2D eigenvalue weighted by Gasteiger charge is -2.07. The predicted molar refractivity (Wildman–Crippen MR) is 97.5 cm³/mol. The second kappa shape index (κ2) is 9.12. The van der Waals surface area contributed by atoms with Crippen molar-refractivity contribution in [3.8, 4) is 11.6 Å². The topological polar surface area (TPSA) is 104 Å². The predicted octanol–water partition coefficient (Wildman–Crippen LogP) is 2.56. The number of benzene rings is 1. The van der Waals surface area contributed by atoms with Crippen LogP contribution in [0.3, 0.4) is 0 Å². The molecule has 1 aromatic heterocycles. The molecule has 0 bridgehead atoms. The standard InChI is InChI=1S/C17H21N3O4S/c1-3-4-5-13-15(22)19-17(20-16(13)23)25-10-14(21)18-11-6-8-12(24-2)9-7-11/h6-9H,3-5,10H2,1-2H3,(H,18,21)(H2,19,20,22,23). The molecule has 8 heteroatoms. The van der Waals surface area contributed by atoms with E-state index in [0.717, 1.165) is 24.6 Å². The smallest absolute Gasteiger partial charge is 0.258 e. The maximum atomic E-state index is 12.0. The number of nitrogens with zero attached hydrogens (tertiary/aromatic N) is 1. The number of hydrogen-bond acceptors (Lipinski definition) is 6. The minimum Gasteiger partial charge on any atom is -0.497 e. The number of ether oxygens (including phenoxy) is 1. The number of anilines is 1. The average Bonchev–Trinajstić information content (AvgIpc) is 2.60. The number of amides is 1. The van der Waals surface area contributed by atoms with Crippen LogP contribution in [0.25, 0.3) is 0 Å². The number of thioether (sulfide) groups is 1. The Bertz CT molecular complexity index is 774. The van der Waals surface area contributed by atoms with Crippen molar-refractivity contribution in [2.45, 2.75) is 31.3 Å². The van der Waals surface area contributed by atoms with Gasteiger partial charge in [-0.15, -0.1) is 0 Å². The molecular formula is C17H21N3O4S. The molecule has 0 aliphatic rings. The molecule has 0 aliphatic heterocycles. The van der Waals surface area contributed by atoms with E-state index in [0.29, 0.717) is 17.9 Å². The van der Waals surface area contributed by atoms with E-state index in [-0.39, 0.29) is 33.8 Å². The molecule has 7 nitrogen and oxygen atoms in total. The van der Waals surface area contributed by atoms with Gasteiger partial charge in [-0.05, 0) is 37.1 Å². The largest absolute Gasteiger partial charge is 0.497 e. The highest BCUT2D eigenvalue weighted by atomic mass is 32.2. The Balaban J connectivity index is 1.93. The molecule has 0 unspecified atom stereocenters. The van der Waals surface area contributed by atoms with Crippen molar-refractivity contribution in [1.82, 2.24) is 9.97 Å². The van der Waals surface area contributed by atoms with Gasteiger partial charge in [-0.2, -0.15) is 4.98 Å². The number of unbranched alkanes of at least 4 members (excludes halogenated alkanes) is 1. The molecule has 0 saturated carbocycles. The summed E-state index contributed by atoms with van der Waals surface area (Å²) in [6.45, 7) is 2.00. The maximum absolute atomic E-state index is 12.0. The van der Waals surface area contributed by atoms with Crippen molar-refractivity contribution in [1.29, 1.82) is 0 Å². The van der Waals surface area contributed by atoms with E-state index < -0.39 is 0 Å². The minimum absolute atomic E-state index is 0.0582. The van der Waals surface area contributed by atoms with Crippen LogP contribution in [0.15, 0.2) is 34.2 Å². The van der Waals surface area contributed by atoms with Gasteiger partial charge in [0.25, 0.3) is 5.56 Å². The van der Waals surface area contributed by atoms with Crippen LogP contribution in [-0.4, -0.2) is 33.8 Å². The van der Waals surface area contributed by atoms with Gasteiger partial charge >= 0.3 is 0 Å². The molecule has 2 aromatic rings. The molecule has 0 aliphatic carbocycles. The monoisotopic (exact) mass is 363 g/mol. The van der Waals surface area contributed by atoms with Gasteiger partial charge in [-0.3, -0.25) is 9.59 Å². The third kappa shape index (κ3) is 5.53. The van der Waals surface area contributed by atoms with Crippen LogP contribution in [0.2, 0.25) is 0 Å². The van der Waals surface area contributed by atoms with Crippen molar-refractivity contribution in [2.24, 2.45) is 0 Å². The molecule has 0 saturated heterocycles. The average molecular weight is 363 g/mol. The van der Waals surface area contributed by atoms with E-state index in [1.54, 1.807) is 31.4 Å². The SMILES string of the molecule is CCCCc1c(O)nc(SCC(=O)Nc2ccc(OC)cc2)[nH]c1=O. The van der Waals surface area contributed by atoms with Crippen LogP contribution in [0.4, 0.5) is 5.69 Å². The number of hydrogen-bond donors (Lipinski definition) is 3. The number of aromatic amines is 1. The van der Waals surface area contributed by atoms with Crippen molar-refractivity contribution < 1.29 is 14.6 Å². The number of rotatable bonds is 8. The Labute approximate surface area is 149 Å². The molecule has 0 radical (unpaired) electrons. The molecule has 1 heterocycles.